The maximum atomic E-state index is 12.4. The van der Waals surface area contributed by atoms with Gasteiger partial charge in [0.25, 0.3) is 11.6 Å². The molecule has 2 aromatic carbocycles. The molecule has 1 fully saturated rings. The van der Waals surface area contributed by atoms with E-state index in [9.17, 15) is 19.7 Å². The minimum absolute atomic E-state index is 0.00504. The van der Waals surface area contributed by atoms with Gasteiger partial charge in [-0.1, -0.05) is 12.1 Å². The number of carbonyl (C=O) groups is 2. The molecule has 0 bridgehead atoms. The van der Waals surface area contributed by atoms with Crippen LogP contribution in [0.5, 0.6) is 0 Å². The lowest BCUT2D eigenvalue weighted by Gasteiger charge is -2.28. The molecule has 134 valence electrons. The van der Waals surface area contributed by atoms with E-state index < -0.39 is 10.8 Å². The van der Waals surface area contributed by atoms with E-state index in [1.165, 1.54) is 18.2 Å². The van der Waals surface area contributed by atoms with E-state index in [4.69, 9.17) is 0 Å². The van der Waals surface area contributed by atoms with Crippen molar-refractivity contribution in [3.8, 4) is 0 Å². The van der Waals surface area contributed by atoms with Crippen molar-refractivity contribution < 1.29 is 14.5 Å². The van der Waals surface area contributed by atoms with Crippen LogP contribution in [-0.2, 0) is 4.79 Å². The molecule has 3 rings (SSSR count). The van der Waals surface area contributed by atoms with E-state index in [1.54, 1.807) is 29.2 Å². The number of nitro benzene ring substituents is 1. The second-order valence-electron chi connectivity index (χ2n) is 6.23. The Labute approximate surface area is 150 Å². The Balaban J connectivity index is 1.81. The molecule has 2 amide bonds. The highest BCUT2D eigenvalue weighted by Crippen LogP contribution is 2.27. The maximum Gasteiger partial charge on any atom is 0.282 e. The second kappa shape index (κ2) is 7.35. The molecule has 0 spiro atoms. The number of anilines is 2. The number of aryl methyl sites for hydroxylation is 1. The van der Waals surface area contributed by atoms with Crippen LogP contribution in [0.2, 0.25) is 0 Å². The summed E-state index contributed by atoms with van der Waals surface area (Å²) in [6.07, 6.45) is 2.44. The van der Waals surface area contributed by atoms with Gasteiger partial charge in [-0.25, -0.2) is 0 Å². The third-order valence-corrected chi connectivity index (χ3v) is 4.41. The van der Waals surface area contributed by atoms with Crippen LogP contribution in [-0.4, -0.2) is 23.3 Å². The van der Waals surface area contributed by atoms with E-state index in [0.717, 1.165) is 24.1 Å². The monoisotopic (exact) mass is 353 g/mol. The molecule has 1 N–H and O–H groups in total. The standard InChI is InChI=1S/C19H19N3O4/c1-13-12-14(9-10-16(13)21-11-5-4-8-18(21)23)20-19(24)15-6-2-3-7-17(15)22(25)26/h2-3,6-7,9-10,12H,4-5,8,11H2,1H3,(H,20,24). The van der Waals surface area contributed by atoms with E-state index in [0.29, 0.717) is 18.7 Å². The fourth-order valence-electron chi connectivity index (χ4n) is 3.12. The highest BCUT2D eigenvalue weighted by molar-refractivity contribution is 6.07. The Bertz CT molecular complexity index is 879. The quantitative estimate of drug-likeness (QED) is 0.670. The van der Waals surface area contributed by atoms with Crippen LogP contribution >= 0.6 is 0 Å². The van der Waals surface area contributed by atoms with Crippen molar-refractivity contribution in [3.05, 3.63) is 63.7 Å². The molecule has 1 heterocycles. The Morgan fingerprint density at radius 2 is 1.96 bits per heavy atom. The first kappa shape index (κ1) is 17.6. The van der Waals surface area contributed by atoms with Gasteiger partial charge < -0.3 is 10.2 Å². The first-order valence-corrected chi connectivity index (χ1v) is 8.43. The topological polar surface area (TPSA) is 92.5 Å². The maximum absolute atomic E-state index is 12.4. The third kappa shape index (κ3) is 3.56. The summed E-state index contributed by atoms with van der Waals surface area (Å²) in [6.45, 7) is 2.57. The molecule has 0 aliphatic carbocycles. The zero-order valence-electron chi connectivity index (χ0n) is 14.4. The van der Waals surface area contributed by atoms with Crippen molar-refractivity contribution in [2.75, 3.05) is 16.8 Å². The van der Waals surface area contributed by atoms with Gasteiger partial charge in [0.1, 0.15) is 5.56 Å². The first-order valence-electron chi connectivity index (χ1n) is 8.43. The number of nitrogens with one attached hydrogen (secondary N) is 1. The first-order chi connectivity index (χ1) is 12.5. The number of carbonyl (C=O) groups excluding carboxylic acids is 2. The molecule has 7 heteroatoms. The summed E-state index contributed by atoms with van der Waals surface area (Å²) in [7, 11) is 0. The Kier molecular flexibility index (Phi) is 4.97. The molecule has 26 heavy (non-hydrogen) atoms. The minimum atomic E-state index is -0.578. The van der Waals surface area contributed by atoms with Gasteiger partial charge in [-0.3, -0.25) is 19.7 Å². The van der Waals surface area contributed by atoms with Gasteiger partial charge in [0, 0.05) is 30.4 Å². The smallest absolute Gasteiger partial charge is 0.282 e. The summed E-state index contributed by atoms with van der Waals surface area (Å²) < 4.78 is 0. The van der Waals surface area contributed by atoms with Crippen molar-refractivity contribution >= 4 is 28.9 Å². The number of piperidine rings is 1. The summed E-state index contributed by atoms with van der Waals surface area (Å²) >= 11 is 0. The van der Waals surface area contributed by atoms with Crippen molar-refractivity contribution in [1.82, 2.24) is 0 Å². The molecule has 7 nitrogen and oxygen atoms in total. The largest absolute Gasteiger partial charge is 0.322 e. The number of hydrogen-bond acceptors (Lipinski definition) is 4. The molecule has 0 aromatic heterocycles. The molecule has 1 saturated heterocycles. The zero-order valence-corrected chi connectivity index (χ0v) is 14.4. The number of benzene rings is 2. The average Bonchev–Trinajstić information content (AvgIpc) is 2.62. The van der Waals surface area contributed by atoms with Crippen LogP contribution in [0, 0.1) is 17.0 Å². The van der Waals surface area contributed by atoms with Gasteiger partial charge >= 0.3 is 0 Å². The van der Waals surface area contributed by atoms with Gasteiger partial charge in [0.15, 0.2) is 0 Å². The third-order valence-electron chi connectivity index (χ3n) is 4.41. The number of hydrogen-bond donors (Lipinski definition) is 1. The number of rotatable bonds is 4. The second-order valence-corrected chi connectivity index (χ2v) is 6.23. The van der Waals surface area contributed by atoms with Gasteiger partial charge in [-0.15, -0.1) is 0 Å². The van der Waals surface area contributed by atoms with Crippen LogP contribution in [0.1, 0.15) is 35.2 Å². The number of amides is 2. The fraction of sp³-hybridized carbons (Fsp3) is 0.263. The Morgan fingerprint density at radius 3 is 2.65 bits per heavy atom. The molecule has 1 aliphatic heterocycles. The fourth-order valence-corrected chi connectivity index (χ4v) is 3.12. The van der Waals surface area contributed by atoms with Crippen LogP contribution in [0.25, 0.3) is 0 Å². The molecule has 0 saturated carbocycles. The summed E-state index contributed by atoms with van der Waals surface area (Å²) in [5.41, 5.74) is 1.99. The number of nitrogens with zero attached hydrogens (tertiary/aromatic N) is 2. The highest BCUT2D eigenvalue weighted by Gasteiger charge is 2.22. The lowest BCUT2D eigenvalue weighted by molar-refractivity contribution is -0.385. The molecule has 0 radical (unpaired) electrons. The molecule has 2 aromatic rings. The summed E-state index contributed by atoms with van der Waals surface area (Å²) in [4.78, 5) is 36.8. The lowest BCUT2D eigenvalue weighted by Crippen LogP contribution is -2.35. The van der Waals surface area contributed by atoms with Gasteiger partial charge in [0.05, 0.1) is 4.92 Å². The predicted octanol–water partition coefficient (Wildman–Crippen LogP) is 3.67. The minimum Gasteiger partial charge on any atom is -0.322 e. The number of nitro groups is 1. The van der Waals surface area contributed by atoms with Crippen LogP contribution in [0.3, 0.4) is 0 Å². The predicted molar refractivity (Wildman–Crippen MR) is 98.4 cm³/mol. The van der Waals surface area contributed by atoms with Crippen molar-refractivity contribution in [3.63, 3.8) is 0 Å². The van der Waals surface area contributed by atoms with Crippen LogP contribution < -0.4 is 10.2 Å². The van der Waals surface area contributed by atoms with E-state index in [1.807, 2.05) is 6.92 Å². The van der Waals surface area contributed by atoms with Gasteiger partial charge in [-0.05, 0) is 49.6 Å². The Morgan fingerprint density at radius 1 is 1.19 bits per heavy atom. The Hall–Kier alpha value is -3.22. The van der Waals surface area contributed by atoms with E-state index in [2.05, 4.69) is 5.32 Å². The average molecular weight is 353 g/mol. The number of para-hydroxylation sites is 1. The SMILES string of the molecule is Cc1cc(NC(=O)c2ccccc2[N+](=O)[O-])ccc1N1CCCCC1=O. The van der Waals surface area contributed by atoms with E-state index >= 15 is 0 Å². The summed E-state index contributed by atoms with van der Waals surface area (Å²) in [6, 6.07) is 11.1. The molecule has 1 aliphatic rings. The van der Waals surface area contributed by atoms with Crippen molar-refractivity contribution in [1.29, 1.82) is 0 Å². The molecule has 0 unspecified atom stereocenters. The normalized spacial score (nSPS) is 14.2. The van der Waals surface area contributed by atoms with Crippen LogP contribution in [0.15, 0.2) is 42.5 Å². The lowest BCUT2D eigenvalue weighted by atomic mass is 10.1. The van der Waals surface area contributed by atoms with Gasteiger partial charge in [-0.2, -0.15) is 0 Å². The molecular formula is C19H19N3O4. The molecular weight excluding hydrogens is 334 g/mol. The van der Waals surface area contributed by atoms with E-state index in [-0.39, 0.29) is 17.2 Å². The van der Waals surface area contributed by atoms with Crippen molar-refractivity contribution in [2.45, 2.75) is 26.2 Å². The summed E-state index contributed by atoms with van der Waals surface area (Å²) in [5, 5.41) is 13.8. The van der Waals surface area contributed by atoms with Gasteiger partial charge in [0.2, 0.25) is 5.91 Å². The van der Waals surface area contributed by atoms with Crippen LogP contribution in [0.4, 0.5) is 17.1 Å². The highest BCUT2D eigenvalue weighted by atomic mass is 16.6. The van der Waals surface area contributed by atoms with Crippen molar-refractivity contribution in [2.24, 2.45) is 0 Å². The summed E-state index contributed by atoms with van der Waals surface area (Å²) in [5.74, 6) is -0.436. The zero-order chi connectivity index (χ0) is 18.7. The molecule has 0 atom stereocenters.